The second-order valence-electron chi connectivity index (χ2n) is 5.70. The fraction of sp³-hybridized carbons (Fsp3) is 0.588. The van der Waals surface area contributed by atoms with E-state index in [-0.39, 0.29) is 5.91 Å². The van der Waals surface area contributed by atoms with Crippen LogP contribution in [0.1, 0.15) is 43.0 Å². The summed E-state index contributed by atoms with van der Waals surface area (Å²) in [4.78, 5) is 16.8. The van der Waals surface area contributed by atoms with Crippen LogP contribution in [-0.4, -0.2) is 48.4 Å². The number of benzene rings is 1. The summed E-state index contributed by atoms with van der Waals surface area (Å²) in [6.07, 6.45) is 5.21. The Bertz CT molecular complexity index is 439. The van der Waals surface area contributed by atoms with Crippen molar-refractivity contribution in [3.05, 3.63) is 34.9 Å². The Kier molecular flexibility index (Phi) is 6.52. The van der Waals surface area contributed by atoms with E-state index >= 15 is 0 Å². The molecule has 1 saturated heterocycles. The molecule has 0 aliphatic carbocycles. The maximum absolute atomic E-state index is 12.4. The van der Waals surface area contributed by atoms with Crippen molar-refractivity contribution in [1.29, 1.82) is 0 Å². The van der Waals surface area contributed by atoms with Gasteiger partial charge in [-0.1, -0.05) is 37.8 Å². The Hall–Kier alpha value is -1.06. The summed E-state index contributed by atoms with van der Waals surface area (Å²) in [6, 6.07) is 7.17. The van der Waals surface area contributed by atoms with Gasteiger partial charge < -0.3 is 4.90 Å². The van der Waals surface area contributed by atoms with E-state index in [1.54, 1.807) is 12.1 Å². The standard InChI is InChI=1S/C17H25ClN2O/c1-2-3-4-5-10-19-11-13-20(14-12-19)17(21)15-6-8-16(18)9-7-15/h6-9H,2-5,10-14H2,1H3. The van der Waals surface area contributed by atoms with Gasteiger partial charge in [0.2, 0.25) is 0 Å². The number of hydrogen-bond acceptors (Lipinski definition) is 2. The van der Waals surface area contributed by atoms with Crippen LogP contribution in [-0.2, 0) is 0 Å². The van der Waals surface area contributed by atoms with Crippen molar-refractivity contribution in [2.45, 2.75) is 32.6 Å². The molecule has 1 aliphatic rings. The number of halogens is 1. The van der Waals surface area contributed by atoms with Gasteiger partial charge in [-0.3, -0.25) is 9.69 Å². The lowest BCUT2D eigenvalue weighted by molar-refractivity contribution is 0.0635. The van der Waals surface area contributed by atoms with E-state index in [4.69, 9.17) is 11.6 Å². The smallest absolute Gasteiger partial charge is 0.253 e. The fourth-order valence-electron chi connectivity index (χ4n) is 2.71. The number of rotatable bonds is 6. The van der Waals surface area contributed by atoms with Crippen LogP contribution < -0.4 is 0 Å². The Morgan fingerprint density at radius 2 is 1.71 bits per heavy atom. The topological polar surface area (TPSA) is 23.6 Å². The van der Waals surface area contributed by atoms with Gasteiger partial charge >= 0.3 is 0 Å². The number of amides is 1. The van der Waals surface area contributed by atoms with Crippen molar-refractivity contribution >= 4 is 17.5 Å². The van der Waals surface area contributed by atoms with Gasteiger partial charge in [-0.25, -0.2) is 0 Å². The SMILES string of the molecule is CCCCCCN1CCN(C(=O)c2ccc(Cl)cc2)CC1. The van der Waals surface area contributed by atoms with E-state index < -0.39 is 0 Å². The van der Waals surface area contributed by atoms with Gasteiger partial charge in [-0.2, -0.15) is 0 Å². The van der Waals surface area contributed by atoms with Gasteiger partial charge in [-0.05, 0) is 37.2 Å². The summed E-state index contributed by atoms with van der Waals surface area (Å²) >= 11 is 5.86. The highest BCUT2D eigenvalue weighted by molar-refractivity contribution is 6.30. The van der Waals surface area contributed by atoms with Crippen molar-refractivity contribution in [1.82, 2.24) is 9.80 Å². The number of piperazine rings is 1. The molecule has 1 amide bonds. The number of unbranched alkanes of at least 4 members (excludes halogenated alkanes) is 3. The molecule has 1 heterocycles. The van der Waals surface area contributed by atoms with E-state index in [0.717, 1.165) is 31.7 Å². The minimum atomic E-state index is 0.122. The fourth-order valence-corrected chi connectivity index (χ4v) is 2.84. The molecule has 0 atom stereocenters. The third-order valence-corrected chi connectivity index (χ3v) is 4.33. The van der Waals surface area contributed by atoms with E-state index in [1.807, 2.05) is 17.0 Å². The first-order valence-electron chi connectivity index (χ1n) is 7.98. The van der Waals surface area contributed by atoms with E-state index in [2.05, 4.69) is 11.8 Å². The van der Waals surface area contributed by atoms with Crippen LogP contribution >= 0.6 is 11.6 Å². The van der Waals surface area contributed by atoms with Gasteiger partial charge in [0.1, 0.15) is 0 Å². The Morgan fingerprint density at radius 3 is 2.33 bits per heavy atom. The second kappa shape index (κ2) is 8.40. The zero-order chi connectivity index (χ0) is 15.1. The third-order valence-electron chi connectivity index (χ3n) is 4.08. The first kappa shape index (κ1) is 16.3. The van der Waals surface area contributed by atoms with Gasteiger partial charge in [0.25, 0.3) is 5.91 Å². The van der Waals surface area contributed by atoms with E-state index in [9.17, 15) is 4.79 Å². The highest BCUT2D eigenvalue weighted by Gasteiger charge is 2.21. The number of nitrogens with zero attached hydrogens (tertiary/aromatic N) is 2. The van der Waals surface area contributed by atoms with Crippen LogP contribution in [0.5, 0.6) is 0 Å². The van der Waals surface area contributed by atoms with Crippen LogP contribution in [0.25, 0.3) is 0 Å². The first-order chi connectivity index (χ1) is 10.2. The van der Waals surface area contributed by atoms with Crippen molar-refractivity contribution < 1.29 is 4.79 Å². The highest BCUT2D eigenvalue weighted by Crippen LogP contribution is 2.13. The normalized spacial score (nSPS) is 16.2. The summed E-state index contributed by atoms with van der Waals surface area (Å²) in [7, 11) is 0. The zero-order valence-corrected chi connectivity index (χ0v) is 13.6. The molecule has 0 unspecified atom stereocenters. The Labute approximate surface area is 132 Å². The molecule has 1 aliphatic heterocycles. The van der Waals surface area contributed by atoms with Crippen molar-refractivity contribution in [3.63, 3.8) is 0 Å². The van der Waals surface area contributed by atoms with Crippen LogP contribution in [0.15, 0.2) is 24.3 Å². The summed E-state index contributed by atoms with van der Waals surface area (Å²) < 4.78 is 0. The lowest BCUT2D eigenvalue weighted by atomic mass is 10.1. The molecule has 0 N–H and O–H groups in total. The molecule has 3 nitrogen and oxygen atoms in total. The quantitative estimate of drug-likeness (QED) is 0.749. The molecule has 0 spiro atoms. The van der Waals surface area contributed by atoms with Crippen LogP contribution in [0.3, 0.4) is 0 Å². The first-order valence-corrected chi connectivity index (χ1v) is 8.35. The van der Waals surface area contributed by atoms with Crippen molar-refractivity contribution in [3.8, 4) is 0 Å². The predicted octanol–water partition coefficient (Wildman–Crippen LogP) is 3.68. The summed E-state index contributed by atoms with van der Waals surface area (Å²) in [5, 5.41) is 0.670. The minimum Gasteiger partial charge on any atom is -0.336 e. The second-order valence-corrected chi connectivity index (χ2v) is 6.14. The van der Waals surface area contributed by atoms with Gasteiger partial charge in [0.05, 0.1) is 0 Å². The average Bonchev–Trinajstić information content (AvgIpc) is 2.52. The molecule has 4 heteroatoms. The van der Waals surface area contributed by atoms with E-state index in [0.29, 0.717) is 5.02 Å². The molecular formula is C17H25ClN2O. The maximum atomic E-state index is 12.4. The molecule has 0 saturated carbocycles. The molecule has 0 bridgehead atoms. The Balaban J connectivity index is 1.75. The molecule has 21 heavy (non-hydrogen) atoms. The highest BCUT2D eigenvalue weighted by atomic mass is 35.5. The average molecular weight is 309 g/mol. The zero-order valence-electron chi connectivity index (χ0n) is 12.9. The molecule has 116 valence electrons. The van der Waals surface area contributed by atoms with Crippen molar-refractivity contribution in [2.24, 2.45) is 0 Å². The van der Waals surface area contributed by atoms with E-state index in [1.165, 1.54) is 32.2 Å². The maximum Gasteiger partial charge on any atom is 0.253 e. The lowest BCUT2D eigenvalue weighted by Gasteiger charge is -2.34. The summed E-state index contributed by atoms with van der Waals surface area (Å²) in [5.74, 6) is 0.122. The van der Waals surface area contributed by atoms with Crippen LogP contribution in [0.2, 0.25) is 5.02 Å². The Morgan fingerprint density at radius 1 is 1.05 bits per heavy atom. The third kappa shape index (κ3) is 5.01. The predicted molar refractivity (Wildman–Crippen MR) is 87.9 cm³/mol. The largest absolute Gasteiger partial charge is 0.336 e. The van der Waals surface area contributed by atoms with Crippen LogP contribution in [0.4, 0.5) is 0 Å². The minimum absolute atomic E-state index is 0.122. The van der Waals surface area contributed by atoms with Crippen LogP contribution in [0, 0.1) is 0 Å². The molecule has 2 rings (SSSR count). The molecular weight excluding hydrogens is 284 g/mol. The molecule has 1 fully saturated rings. The monoisotopic (exact) mass is 308 g/mol. The van der Waals surface area contributed by atoms with Crippen molar-refractivity contribution in [2.75, 3.05) is 32.7 Å². The molecule has 0 aromatic heterocycles. The molecule has 0 radical (unpaired) electrons. The van der Waals surface area contributed by atoms with Gasteiger partial charge in [0, 0.05) is 36.8 Å². The number of carbonyl (C=O) groups excluding carboxylic acids is 1. The number of hydrogen-bond donors (Lipinski definition) is 0. The summed E-state index contributed by atoms with van der Waals surface area (Å²) in [6.45, 7) is 7.05. The summed E-state index contributed by atoms with van der Waals surface area (Å²) in [5.41, 5.74) is 0.732. The molecule has 1 aromatic carbocycles. The van der Waals surface area contributed by atoms with Gasteiger partial charge in [-0.15, -0.1) is 0 Å². The number of carbonyl (C=O) groups is 1. The van der Waals surface area contributed by atoms with Gasteiger partial charge in [0.15, 0.2) is 0 Å². The molecule has 1 aromatic rings. The lowest BCUT2D eigenvalue weighted by Crippen LogP contribution is -2.48.